The number of hydrogen-bond acceptors (Lipinski definition) is 5. The van der Waals surface area contributed by atoms with Crippen LogP contribution in [-0.2, 0) is 21.4 Å². The fourth-order valence-electron chi connectivity index (χ4n) is 3.46. The number of nitrogens with zero attached hydrogens (tertiary/aromatic N) is 1. The van der Waals surface area contributed by atoms with Crippen molar-refractivity contribution in [2.75, 3.05) is 19.3 Å². The van der Waals surface area contributed by atoms with Gasteiger partial charge in [0.25, 0.3) is 10.0 Å². The molecule has 1 N–H and O–H groups in total. The van der Waals surface area contributed by atoms with Crippen LogP contribution < -0.4 is 5.32 Å². The van der Waals surface area contributed by atoms with Gasteiger partial charge in [0.2, 0.25) is 5.91 Å². The molecule has 1 aromatic heterocycles. The Kier molecular flexibility index (Phi) is 7.20. The van der Waals surface area contributed by atoms with Crippen molar-refractivity contribution in [2.24, 2.45) is 11.8 Å². The van der Waals surface area contributed by atoms with E-state index in [1.54, 1.807) is 33.6 Å². The second-order valence-corrected chi connectivity index (χ2v) is 11.0. The molecule has 0 unspecified atom stereocenters. The largest absolute Gasteiger partial charge is 0.352 e. The summed E-state index contributed by atoms with van der Waals surface area (Å²) in [4.78, 5) is 13.8. The van der Waals surface area contributed by atoms with Gasteiger partial charge in [-0.05, 0) is 54.2 Å². The zero-order chi connectivity index (χ0) is 20.1. The van der Waals surface area contributed by atoms with Gasteiger partial charge in [0, 0.05) is 30.4 Å². The van der Waals surface area contributed by atoms with Crippen molar-refractivity contribution in [3.8, 4) is 0 Å². The van der Waals surface area contributed by atoms with Crippen molar-refractivity contribution in [3.63, 3.8) is 0 Å². The van der Waals surface area contributed by atoms with Crippen LogP contribution in [0.5, 0.6) is 0 Å². The Bertz CT molecular complexity index is 872. The molecule has 8 heteroatoms. The summed E-state index contributed by atoms with van der Waals surface area (Å²) in [5, 5.41) is 4.80. The summed E-state index contributed by atoms with van der Waals surface area (Å²) >= 11 is 2.94. The summed E-state index contributed by atoms with van der Waals surface area (Å²) in [6, 6.07) is 11.6. The molecular formula is C20H26N2O3S3. The lowest BCUT2D eigenvalue weighted by Gasteiger charge is -2.33. The van der Waals surface area contributed by atoms with Crippen LogP contribution in [0.4, 0.5) is 0 Å². The molecule has 2 aromatic rings. The van der Waals surface area contributed by atoms with Crippen LogP contribution in [0.2, 0.25) is 0 Å². The van der Waals surface area contributed by atoms with Gasteiger partial charge in [0.15, 0.2) is 0 Å². The number of carbonyl (C=O) groups excluding carboxylic acids is 1. The molecule has 0 saturated carbocycles. The highest BCUT2D eigenvalue weighted by Gasteiger charge is 2.33. The molecule has 1 amide bonds. The maximum atomic E-state index is 12.6. The lowest BCUT2D eigenvalue weighted by molar-refractivity contribution is -0.126. The Hall–Kier alpha value is -1.35. The molecule has 5 nitrogen and oxygen atoms in total. The molecular weight excluding hydrogens is 412 g/mol. The van der Waals surface area contributed by atoms with Crippen LogP contribution in [0.1, 0.15) is 25.3 Å². The zero-order valence-corrected chi connectivity index (χ0v) is 18.6. The fourth-order valence-corrected chi connectivity index (χ4v) is 6.48. The fraction of sp³-hybridized carbons (Fsp3) is 0.450. The van der Waals surface area contributed by atoms with E-state index in [2.05, 4.69) is 17.4 Å². The van der Waals surface area contributed by atoms with Crippen LogP contribution >= 0.6 is 23.1 Å². The summed E-state index contributed by atoms with van der Waals surface area (Å²) in [5.41, 5.74) is 1.08. The third kappa shape index (κ3) is 4.97. The molecule has 1 aliphatic heterocycles. The minimum Gasteiger partial charge on any atom is -0.352 e. The van der Waals surface area contributed by atoms with Gasteiger partial charge in [-0.25, -0.2) is 8.42 Å². The predicted molar refractivity (Wildman–Crippen MR) is 115 cm³/mol. The van der Waals surface area contributed by atoms with E-state index in [0.717, 1.165) is 5.56 Å². The standard InChI is InChI=1S/C20H26N2O3S3/c1-15(20(23)21-14-16-5-7-18(26-2)8-6-16)17-9-11-22(12-10-17)28(24,25)19-4-3-13-27-19/h3-8,13,15,17H,9-12,14H2,1-2H3,(H,21,23)/t15-/m0/s1. The van der Waals surface area contributed by atoms with Crippen molar-refractivity contribution in [3.05, 3.63) is 47.3 Å². The number of thiophene rings is 1. The second-order valence-electron chi connectivity index (χ2n) is 7.03. The first-order valence-corrected chi connectivity index (χ1v) is 12.9. The summed E-state index contributed by atoms with van der Waals surface area (Å²) < 4.78 is 27.2. The Morgan fingerprint density at radius 1 is 1.25 bits per heavy atom. The van der Waals surface area contributed by atoms with Crippen LogP contribution in [0, 0.1) is 11.8 Å². The van der Waals surface area contributed by atoms with E-state index in [9.17, 15) is 13.2 Å². The van der Waals surface area contributed by atoms with Crippen molar-refractivity contribution in [1.82, 2.24) is 9.62 Å². The zero-order valence-electron chi connectivity index (χ0n) is 16.1. The Labute approximate surface area is 175 Å². The van der Waals surface area contributed by atoms with E-state index in [-0.39, 0.29) is 17.7 Å². The number of nitrogens with one attached hydrogen (secondary N) is 1. The molecule has 0 bridgehead atoms. The molecule has 2 heterocycles. The molecule has 3 rings (SSSR count). The minimum atomic E-state index is -3.39. The molecule has 1 atom stereocenters. The quantitative estimate of drug-likeness (QED) is 0.668. The van der Waals surface area contributed by atoms with Crippen LogP contribution in [0.25, 0.3) is 0 Å². The molecule has 0 radical (unpaired) electrons. The normalized spacial score (nSPS) is 17.4. The molecule has 0 aliphatic carbocycles. The van der Waals surface area contributed by atoms with Gasteiger partial charge < -0.3 is 5.32 Å². The molecule has 1 aromatic carbocycles. The number of thioether (sulfide) groups is 1. The second kappa shape index (κ2) is 9.43. The van der Waals surface area contributed by atoms with E-state index >= 15 is 0 Å². The average molecular weight is 439 g/mol. The molecule has 1 saturated heterocycles. The highest BCUT2D eigenvalue weighted by Crippen LogP contribution is 2.30. The summed E-state index contributed by atoms with van der Waals surface area (Å²) in [6.07, 6.45) is 3.46. The summed E-state index contributed by atoms with van der Waals surface area (Å²) in [5.74, 6) is 0.110. The number of hydrogen-bond donors (Lipinski definition) is 1. The van der Waals surface area contributed by atoms with Crippen LogP contribution in [0.15, 0.2) is 50.9 Å². The molecule has 1 aliphatic rings. The SMILES string of the molecule is CSc1ccc(CNC(=O)[C@@H](C)C2CCN(S(=O)(=O)c3cccs3)CC2)cc1. The third-order valence-corrected chi connectivity index (χ3v) is 9.35. The maximum Gasteiger partial charge on any atom is 0.252 e. The van der Waals surface area contributed by atoms with Crippen molar-refractivity contribution in [1.29, 1.82) is 0 Å². The summed E-state index contributed by atoms with van der Waals surface area (Å²) in [6.45, 7) is 3.40. The number of benzene rings is 1. The van der Waals surface area contributed by atoms with Crippen molar-refractivity contribution < 1.29 is 13.2 Å². The van der Waals surface area contributed by atoms with Crippen LogP contribution in [-0.4, -0.2) is 38.0 Å². The Balaban J connectivity index is 1.50. The van der Waals surface area contributed by atoms with Gasteiger partial charge in [0.05, 0.1) is 0 Å². The Morgan fingerprint density at radius 3 is 2.50 bits per heavy atom. The smallest absolute Gasteiger partial charge is 0.252 e. The average Bonchev–Trinajstić information content (AvgIpc) is 3.28. The van der Waals surface area contributed by atoms with Gasteiger partial charge in [-0.1, -0.05) is 25.1 Å². The predicted octanol–water partition coefficient (Wildman–Crippen LogP) is 3.82. The summed E-state index contributed by atoms with van der Waals surface area (Å²) in [7, 11) is -3.39. The van der Waals surface area contributed by atoms with Crippen LogP contribution in [0.3, 0.4) is 0 Å². The topological polar surface area (TPSA) is 66.5 Å². The minimum absolute atomic E-state index is 0.0357. The highest BCUT2D eigenvalue weighted by molar-refractivity contribution is 7.98. The molecule has 28 heavy (non-hydrogen) atoms. The van der Waals surface area contributed by atoms with E-state index in [1.165, 1.54) is 16.2 Å². The van der Waals surface area contributed by atoms with E-state index in [1.807, 2.05) is 25.3 Å². The highest BCUT2D eigenvalue weighted by atomic mass is 32.2. The van der Waals surface area contributed by atoms with Gasteiger partial charge in [0.1, 0.15) is 4.21 Å². The first kappa shape index (κ1) is 21.4. The lowest BCUT2D eigenvalue weighted by atomic mass is 9.85. The van der Waals surface area contributed by atoms with Gasteiger partial charge >= 0.3 is 0 Å². The van der Waals surface area contributed by atoms with Gasteiger partial charge in [-0.2, -0.15) is 4.31 Å². The van der Waals surface area contributed by atoms with Gasteiger partial charge in [-0.3, -0.25) is 4.79 Å². The lowest BCUT2D eigenvalue weighted by Crippen LogP contribution is -2.42. The van der Waals surface area contributed by atoms with Crippen molar-refractivity contribution in [2.45, 2.75) is 35.4 Å². The number of piperidine rings is 1. The maximum absolute atomic E-state index is 12.6. The first-order chi connectivity index (χ1) is 13.4. The third-order valence-electron chi connectivity index (χ3n) is 5.33. The number of carbonyl (C=O) groups is 1. The number of sulfonamides is 1. The molecule has 1 fully saturated rings. The Morgan fingerprint density at radius 2 is 1.93 bits per heavy atom. The van der Waals surface area contributed by atoms with E-state index in [4.69, 9.17) is 0 Å². The van der Waals surface area contributed by atoms with E-state index < -0.39 is 10.0 Å². The molecule has 0 spiro atoms. The van der Waals surface area contributed by atoms with Crippen molar-refractivity contribution >= 4 is 39.0 Å². The monoisotopic (exact) mass is 438 g/mol. The number of rotatable bonds is 7. The first-order valence-electron chi connectivity index (χ1n) is 9.36. The van der Waals surface area contributed by atoms with Gasteiger partial charge in [-0.15, -0.1) is 23.1 Å². The van der Waals surface area contributed by atoms with E-state index in [0.29, 0.717) is 36.7 Å². The molecule has 152 valence electrons. The number of amides is 1.